The summed E-state index contributed by atoms with van der Waals surface area (Å²) in [4.78, 5) is 27.8. The quantitative estimate of drug-likeness (QED) is 0.659. The summed E-state index contributed by atoms with van der Waals surface area (Å²) in [5.74, 6) is 1.13. The highest BCUT2D eigenvalue weighted by Crippen LogP contribution is 2.27. The lowest BCUT2D eigenvalue weighted by atomic mass is 10.3. The van der Waals surface area contributed by atoms with Crippen LogP contribution in [0.1, 0.15) is 25.7 Å². The Morgan fingerprint density at radius 3 is 2.33 bits per heavy atom. The third-order valence-electron chi connectivity index (χ3n) is 4.44. The zero-order valence-corrected chi connectivity index (χ0v) is 12.6. The number of nitrogens with one attached hydrogen (secondary N) is 2. The monoisotopic (exact) mass is 294 g/mol. The Hall–Kier alpha value is -1.14. The third kappa shape index (κ3) is 4.97. The van der Waals surface area contributed by atoms with E-state index in [1.807, 2.05) is 4.90 Å². The van der Waals surface area contributed by atoms with Crippen LogP contribution in [0.25, 0.3) is 0 Å². The molecule has 1 heterocycles. The maximum absolute atomic E-state index is 12.0. The normalized spacial score (nSPS) is 23.1. The van der Waals surface area contributed by atoms with Crippen molar-refractivity contribution in [2.75, 3.05) is 45.8 Å². The third-order valence-corrected chi connectivity index (χ3v) is 4.44. The Balaban J connectivity index is 1.29. The van der Waals surface area contributed by atoms with Crippen molar-refractivity contribution < 1.29 is 9.59 Å². The predicted octanol–water partition coefficient (Wildman–Crippen LogP) is -0.591. The van der Waals surface area contributed by atoms with Crippen LogP contribution in [0.3, 0.4) is 0 Å². The van der Waals surface area contributed by atoms with Gasteiger partial charge >= 0.3 is 0 Å². The summed E-state index contributed by atoms with van der Waals surface area (Å²) >= 11 is 0. The maximum Gasteiger partial charge on any atom is 0.236 e. The number of rotatable bonds is 7. The Morgan fingerprint density at radius 1 is 1.00 bits per heavy atom. The van der Waals surface area contributed by atoms with Crippen LogP contribution < -0.4 is 10.6 Å². The second-order valence-electron chi connectivity index (χ2n) is 6.57. The molecular weight excluding hydrogens is 268 g/mol. The lowest BCUT2D eigenvalue weighted by Crippen LogP contribution is -2.52. The van der Waals surface area contributed by atoms with E-state index in [9.17, 15) is 9.59 Å². The Labute approximate surface area is 126 Å². The number of nitrogens with zero attached hydrogens (tertiary/aromatic N) is 2. The van der Waals surface area contributed by atoms with E-state index < -0.39 is 0 Å². The largest absolute Gasteiger partial charge is 0.352 e. The second-order valence-corrected chi connectivity index (χ2v) is 6.57. The standard InChI is InChI=1S/C15H26N4O2/c20-14(17-13-3-4-13)11-18-5-7-19(8-6-18)15(21)10-16-9-12-1-2-12/h12-13,16H,1-11H2,(H,17,20). The zero-order valence-electron chi connectivity index (χ0n) is 12.6. The van der Waals surface area contributed by atoms with E-state index >= 15 is 0 Å². The van der Waals surface area contributed by atoms with E-state index in [0.717, 1.165) is 51.5 Å². The van der Waals surface area contributed by atoms with Gasteiger partial charge in [-0.1, -0.05) is 0 Å². The molecule has 118 valence electrons. The average molecular weight is 294 g/mol. The fourth-order valence-electron chi connectivity index (χ4n) is 2.68. The molecular formula is C15H26N4O2. The van der Waals surface area contributed by atoms with Gasteiger partial charge in [0.25, 0.3) is 0 Å². The van der Waals surface area contributed by atoms with Crippen LogP contribution in [-0.2, 0) is 9.59 Å². The summed E-state index contributed by atoms with van der Waals surface area (Å²) in [6.45, 7) is 4.98. The number of carbonyl (C=O) groups is 2. The summed E-state index contributed by atoms with van der Waals surface area (Å²) in [6.07, 6.45) is 4.87. The maximum atomic E-state index is 12.0. The molecule has 2 N–H and O–H groups in total. The fraction of sp³-hybridized carbons (Fsp3) is 0.867. The summed E-state index contributed by atoms with van der Waals surface area (Å²) in [5.41, 5.74) is 0. The molecule has 6 heteroatoms. The molecule has 0 atom stereocenters. The minimum atomic E-state index is 0.128. The number of hydrogen-bond acceptors (Lipinski definition) is 4. The molecule has 0 aromatic heterocycles. The molecule has 0 bridgehead atoms. The number of amides is 2. The lowest BCUT2D eigenvalue weighted by molar-refractivity contribution is -0.132. The highest BCUT2D eigenvalue weighted by Gasteiger charge is 2.26. The first-order chi connectivity index (χ1) is 10.2. The Morgan fingerprint density at radius 2 is 1.71 bits per heavy atom. The molecule has 2 aliphatic carbocycles. The van der Waals surface area contributed by atoms with Crippen molar-refractivity contribution in [2.24, 2.45) is 5.92 Å². The number of hydrogen-bond donors (Lipinski definition) is 2. The zero-order chi connectivity index (χ0) is 14.7. The van der Waals surface area contributed by atoms with Gasteiger partial charge in [0.2, 0.25) is 11.8 Å². The molecule has 0 spiro atoms. The molecule has 0 aromatic rings. The summed E-state index contributed by atoms with van der Waals surface area (Å²) in [5, 5.41) is 6.26. The van der Waals surface area contributed by atoms with Gasteiger partial charge in [-0.15, -0.1) is 0 Å². The molecule has 21 heavy (non-hydrogen) atoms. The van der Waals surface area contributed by atoms with Gasteiger partial charge in [0, 0.05) is 32.2 Å². The molecule has 2 saturated carbocycles. The van der Waals surface area contributed by atoms with Crippen molar-refractivity contribution in [1.82, 2.24) is 20.4 Å². The van der Waals surface area contributed by atoms with Gasteiger partial charge in [0.05, 0.1) is 13.1 Å². The first kappa shape index (κ1) is 14.8. The molecule has 0 aromatic carbocycles. The molecule has 2 amide bonds. The molecule has 3 aliphatic rings. The minimum absolute atomic E-state index is 0.128. The minimum Gasteiger partial charge on any atom is -0.352 e. The number of piperazine rings is 1. The van der Waals surface area contributed by atoms with Gasteiger partial charge in [0.1, 0.15) is 0 Å². The van der Waals surface area contributed by atoms with Crippen LogP contribution in [0.5, 0.6) is 0 Å². The topological polar surface area (TPSA) is 64.7 Å². The van der Waals surface area contributed by atoms with Crippen LogP contribution in [-0.4, -0.2) is 73.5 Å². The van der Waals surface area contributed by atoms with Crippen molar-refractivity contribution in [3.05, 3.63) is 0 Å². The van der Waals surface area contributed by atoms with Gasteiger partial charge in [0.15, 0.2) is 0 Å². The first-order valence-corrected chi connectivity index (χ1v) is 8.21. The fourth-order valence-corrected chi connectivity index (χ4v) is 2.68. The van der Waals surface area contributed by atoms with Gasteiger partial charge in [-0.2, -0.15) is 0 Å². The van der Waals surface area contributed by atoms with E-state index in [0.29, 0.717) is 19.1 Å². The van der Waals surface area contributed by atoms with Crippen LogP contribution in [0.15, 0.2) is 0 Å². The van der Waals surface area contributed by atoms with Crippen LogP contribution in [0, 0.1) is 5.92 Å². The number of carbonyl (C=O) groups excluding carboxylic acids is 2. The van der Waals surface area contributed by atoms with Crippen molar-refractivity contribution in [3.63, 3.8) is 0 Å². The molecule has 0 radical (unpaired) electrons. The van der Waals surface area contributed by atoms with E-state index in [1.165, 1.54) is 12.8 Å². The van der Waals surface area contributed by atoms with Crippen molar-refractivity contribution in [2.45, 2.75) is 31.7 Å². The molecule has 3 rings (SSSR count). The lowest BCUT2D eigenvalue weighted by Gasteiger charge is -2.34. The average Bonchev–Trinajstić information content (AvgIpc) is 3.35. The highest BCUT2D eigenvalue weighted by molar-refractivity contribution is 5.79. The molecule has 3 fully saturated rings. The van der Waals surface area contributed by atoms with E-state index in [1.54, 1.807) is 0 Å². The van der Waals surface area contributed by atoms with E-state index in [-0.39, 0.29) is 11.8 Å². The van der Waals surface area contributed by atoms with Crippen molar-refractivity contribution in [1.29, 1.82) is 0 Å². The van der Waals surface area contributed by atoms with Gasteiger partial charge in [-0.05, 0) is 38.1 Å². The van der Waals surface area contributed by atoms with Crippen molar-refractivity contribution >= 4 is 11.8 Å². The van der Waals surface area contributed by atoms with Gasteiger partial charge in [-0.3, -0.25) is 14.5 Å². The van der Waals surface area contributed by atoms with E-state index in [2.05, 4.69) is 15.5 Å². The summed E-state index contributed by atoms with van der Waals surface area (Å²) < 4.78 is 0. The smallest absolute Gasteiger partial charge is 0.236 e. The molecule has 6 nitrogen and oxygen atoms in total. The van der Waals surface area contributed by atoms with Crippen molar-refractivity contribution in [3.8, 4) is 0 Å². The van der Waals surface area contributed by atoms with Gasteiger partial charge in [-0.25, -0.2) is 0 Å². The Kier molecular flexibility index (Phi) is 4.75. The van der Waals surface area contributed by atoms with Crippen LogP contribution in [0.4, 0.5) is 0 Å². The summed E-state index contributed by atoms with van der Waals surface area (Å²) in [7, 11) is 0. The molecule has 1 saturated heterocycles. The summed E-state index contributed by atoms with van der Waals surface area (Å²) in [6, 6.07) is 0.429. The molecule has 1 aliphatic heterocycles. The van der Waals surface area contributed by atoms with Crippen LogP contribution in [0.2, 0.25) is 0 Å². The van der Waals surface area contributed by atoms with Gasteiger partial charge < -0.3 is 15.5 Å². The highest BCUT2D eigenvalue weighted by atomic mass is 16.2. The van der Waals surface area contributed by atoms with Crippen LogP contribution >= 0.6 is 0 Å². The SMILES string of the molecule is O=C(CN1CCN(C(=O)CNCC2CC2)CC1)NC1CC1. The molecule has 0 unspecified atom stereocenters. The second kappa shape index (κ2) is 6.75. The first-order valence-electron chi connectivity index (χ1n) is 8.21. The predicted molar refractivity (Wildman–Crippen MR) is 79.8 cm³/mol. The Bertz CT molecular complexity index is 385. The van der Waals surface area contributed by atoms with E-state index in [4.69, 9.17) is 0 Å².